The number of benzene rings is 1. The van der Waals surface area contributed by atoms with Crippen LogP contribution in [0.4, 0.5) is 0 Å². The number of hydrogen-bond donors (Lipinski definition) is 1. The van der Waals surface area contributed by atoms with Gasteiger partial charge in [0.1, 0.15) is 0 Å². The minimum absolute atomic E-state index is 0.189. The summed E-state index contributed by atoms with van der Waals surface area (Å²) >= 11 is 1.88. The zero-order chi connectivity index (χ0) is 12.5. The van der Waals surface area contributed by atoms with Gasteiger partial charge in [-0.1, -0.05) is 39.0 Å². The number of rotatable bonds is 3. The highest BCUT2D eigenvalue weighted by Crippen LogP contribution is 2.42. The molecule has 0 aromatic heterocycles. The van der Waals surface area contributed by atoms with Crippen LogP contribution in [0.5, 0.6) is 0 Å². The van der Waals surface area contributed by atoms with Crippen LogP contribution in [0.2, 0.25) is 0 Å². The maximum absolute atomic E-state index is 10.3. The summed E-state index contributed by atoms with van der Waals surface area (Å²) in [5, 5.41) is 10.3. The summed E-state index contributed by atoms with van der Waals surface area (Å²) in [4.78, 5) is 1.35. The molecule has 1 aliphatic heterocycles. The van der Waals surface area contributed by atoms with Gasteiger partial charge in [0.05, 0.1) is 6.10 Å². The van der Waals surface area contributed by atoms with Crippen LogP contribution in [0.25, 0.3) is 0 Å². The van der Waals surface area contributed by atoms with Crippen molar-refractivity contribution in [2.75, 3.05) is 5.75 Å². The van der Waals surface area contributed by atoms with E-state index < -0.39 is 0 Å². The minimum Gasteiger partial charge on any atom is -0.392 e. The van der Waals surface area contributed by atoms with Gasteiger partial charge in [0, 0.05) is 16.6 Å². The van der Waals surface area contributed by atoms with Gasteiger partial charge in [-0.05, 0) is 29.9 Å². The SMILES string of the molecule is CC(C)(C)CCC(O)C1CSc2ccccc21. The van der Waals surface area contributed by atoms with Gasteiger partial charge in [0.25, 0.3) is 0 Å². The van der Waals surface area contributed by atoms with Crippen molar-refractivity contribution in [3.63, 3.8) is 0 Å². The molecule has 2 rings (SSSR count). The van der Waals surface area contributed by atoms with Gasteiger partial charge in [-0.15, -0.1) is 11.8 Å². The lowest BCUT2D eigenvalue weighted by molar-refractivity contribution is 0.125. The molecule has 17 heavy (non-hydrogen) atoms. The van der Waals surface area contributed by atoms with Crippen molar-refractivity contribution in [1.29, 1.82) is 0 Å². The largest absolute Gasteiger partial charge is 0.392 e. The summed E-state index contributed by atoms with van der Waals surface area (Å²) in [6.07, 6.45) is 1.80. The van der Waals surface area contributed by atoms with Gasteiger partial charge >= 0.3 is 0 Å². The maximum atomic E-state index is 10.3. The van der Waals surface area contributed by atoms with Gasteiger partial charge < -0.3 is 5.11 Å². The lowest BCUT2D eigenvalue weighted by atomic mass is 9.85. The Morgan fingerprint density at radius 3 is 2.76 bits per heavy atom. The number of aliphatic hydroxyl groups excluding tert-OH is 1. The molecule has 2 unspecified atom stereocenters. The van der Waals surface area contributed by atoms with Gasteiger partial charge in [0.2, 0.25) is 0 Å². The molecule has 0 saturated heterocycles. The highest BCUT2D eigenvalue weighted by Gasteiger charge is 2.29. The monoisotopic (exact) mass is 250 g/mol. The van der Waals surface area contributed by atoms with Crippen molar-refractivity contribution in [1.82, 2.24) is 0 Å². The molecule has 0 aliphatic carbocycles. The second-order valence-corrected chi connectivity index (χ2v) is 7.18. The highest BCUT2D eigenvalue weighted by molar-refractivity contribution is 7.99. The van der Waals surface area contributed by atoms with E-state index in [0.717, 1.165) is 18.6 Å². The normalized spacial score (nSPS) is 21.3. The van der Waals surface area contributed by atoms with E-state index in [2.05, 4.69) is 45.0 Å². The van der Waals surface area contributed by atoms with Crippen LogP contribution in [0.15, 0.2) is 29.2 Å². The molecule has 1 aromatic rings. The Morgan fingerprint density at radius 1 is 1.35 bits per heavy atom. The molecule has 1 heterocycles. The van der Waals surface area contributed by atoms with E-state index in [1.54, 1.807) is 0 Å². The predicted molar refractivity (Wildman–Crippen MR) is 74.6 cm³/mol. The summed E-state index contributed by atoms with van der Waals surface area (Å²) in [7, 11) is 0. The van der Waals surface area contributed by atoms with Gasteiger partial charge in [-0.2, -0.15) is 0 Å². The Balaban J connectivity index is 2.00. The van der Waals surface area contributed by atoms with E-state index in [4.69, 9.17) is 0 Å². The second-order valence-electron chi connectivity index (χ2n) is 6.12. The topological polar surface area (TPSA) is 20.2 Å². The quantitative estimate of drug-likeness (QED) is 0.873. The molecular weight excluding hydrogens is 228 g/mol. The number of fused-ring (bicyclic) bond motifs is 1. The molecule has 1 aliphatic rings. The van der Waals surface area contributed by atoms with Gasteiger partial charge in [0.15, 0.2) is 0 Å². The van der Waals surface area contributed by atoms with Crippen LogP contribution in [-0.4, -0.2) is 17.0 Å². The fraction of sp³-hybridized carbons (Fsp3) is 0.600. The van der Waals surface area contributed by atoms with E-state index in [9.17, 15) is 5.11 Å². The third-order valence-corrected chi connectivity index (χ3v) is 4.60. The van der Waals surface area contributed by atoms with E-state index in [0.29, 0.717) is 11.3 Å². The Kier molecular flexibility index (Phi) is 3.84. The van der Waals surface area contributed by atoms with E-state index in [-0.39, 0.29) is 6.10 Å². The standard InChI is InChI=1S/C15H22OS/c1-15(2,3)9-8-13(16)12-10-17-14-7-5-4-6-11(12)14/h4-7,12-13,16H,8-10H2,1-3H3. The average molecular weight is 250 g/mol. The van der Waals surface area contributed by atoms with E-state index in [1.807, 2.05) is 11.8 Å². The third kappa shape index (κ3) is 3.26. The lowest BCUT2D eigenvalue weighted by Gasteiger charge is -2.23. The molecule has 0 amide bonds. The molecule has 0 saturated carbocycles. The van der Waals surface area contributed by atoms with E-state index >= 15 is 0 Å². The van der Waals surface area contributed by atoms with Gasteiger partial charge in [-0.25, -0.2) is 0 Å². The smallest absolute Gasteiger partial charge is 0.0617 e. The van der Waals surface area contributed by atoms with E-state index in [1.165, 1.54) is 10.5 Å². The average Bonchev–Trinajstić information content (AvgIpc) is 2.68. The van der Waals surface area contributed by atoms with Crippen molar-refractivity contribution >= 4 is 11.8 Å². The summed E-state index contributed by atoms with van der Waals surface area (Å²) in [6, 6.07) is 8.49. The van der Waals surface area contributed by atoms with Crippen molar-refractivity contribution < 1.29 is 5.11 Å². The Bertz CT molecular complexity index is 381. The highest BCUT2D eigenvalue weighted by atomic mass is 32.2. The summed E-state index contributed by atoms with van der Waals surface area (Å²) < 4.78 is 0. The Morgan fingerprint density at radius 2 is 2.06 bits per heavy atom. The minimum atomic E-state index is -0.189. The van der Waals surface area contributed by atoms with Crippen molar-refractivity contribution in [2.24, 2.45) is 5.41 Å². The van der Waals surface area contributed by atoms with Crippen LogP contribution in [-0.2, 0) is 0 Å². The zero-order valence-corrected chi connectivity index (χ0v) is 11.8. The zero-order valence-electron chi connectivity index (χ0n) is 10.9. The molecule has 1 aromatic carbocycles. The lowest BCUT2D eigenvalue weighted by Crippen LogP contribution is -2.20. The summed E-state index contributed by atoms with van der Waals surface area (Å²) in [5.74, 6) is 1.36. The fourth-order valence-corrected chi connectivity index (χ4v) is 3.61. The van der Waals surface area contributed by atoms with Crippen molar-refractivity contribution in [3.05, 3.63) is 29.8 Å². The molecule has 0 bridgehead atoms. The predicted octanol–water partition coefficient (Wildman–Crippen LogP) is 4.06. The van der Waals surface area contributed by atoms with Crippen molar-refractivity contribution in [3.8, 4) is 0 Å². The first-order chi connectivity index (χ1) is 7.97. The Hall–Kier alpha value is -0.470. The summed E-state index contributed by atoms with van der Waals surface area (Å²) in [6.45, 7) is 6.70. The van der Waals surface area contributed by atoms with Crippen LogP contribution in [0.3, 0.4) is 0 Å². The fourth-order valence-electron chi connectivity index (χ4n) is 2.29. The molecular formula is C15H22OS. The van der Waals surface area contributed by atoms with Crippen LogP contribution in [0, 0.1) is 5.41 Å². The van der Waals surface area contributed by atoms with Crippen molar-refractivity contribution in [2.45, 2.75) is 50.5 Å². The molecule has 2 atom stereocenters. The second kappa shape index (κ2) is 5.03. The maximum Gasteiger partial charge on any atom is 0.0617 e. The molecule has 0 radical (unpaired) electrons. The number of hydrogen-bond acceptors (Lipinski definition) is 2. The van der Waals surface area contributed by atoms with Crippen LogP contribution in [0.1, 0.15) is 45.1 Å². The molecule has 1 nitrogen and oxygen atoms in total. The molecule has 0 spiro atoms. The van der Waals surface area contributed by atoms with Crippen LogP contribution >= 0.6 is 11.8 Å². The summed E-state index contributed by atoms with van der Waals surface area (Å²) in [5.41, 5.74) is 1.66. The molecule has 1 N–H and O–H groups in total. The Labute approximate surface area is 109 Å². The first-order valence-corrected chi connectivity index (χ1v) is 7.36. The first-order valence-electron chi connectivity index (χ1n) is 6.37. The number of thioether (sulfide) groups is 1. The van der Waals surface area contributed by atoms with Crippen LogP contribution < -0.4 is 0 Å². The molecule has 94 valence electrons. The third-order valence-electron chi connectivity index (χ3n) is 3.39. The number of aliphatic hydroxyl groups is 1. The molecule has 0 fully saturated rings. The molecule has 2 heteroatoms. The first kappa shape index (κ1) is 13.0. The van der Waals surface area contributed by atoms with Gasteiger partial charge in [-0.3, -0.25) is 0 Å².